The minimum atomic E-state index is 1.10. The van der Waals surface area contributed by atoms with E-state index in [2.05, 4.69) is 544 Å². The predicted octanol–water partition coefficient (Wildman–Crippen LogP) is 36.2. The van der Waals surface area contributed by atoms with Crippen molar-refractivity contribution in [2.75, 3.05) is 4.90 Å². The molecular formula is C136H83N9. The summed E-state index contributed by atoms with van der Waals surface area (Å²) in [7, 11) is 0. The summed E-state index contributed by atoms with van der Waals surface area (Å²) in [6, 6.07) is 184. The second-order valence-electron chi connectivity index (χ2n) is 38.9. The third-order valence-electron chi connectivity index (χ3n) is 31.5. The fourth-order valence-electron chi connectivity index (χ4n) is 25.5. The van der Waals surface area contributed by atoms with Crippen molar-refractivity contribution in [1.82, 2.24) is 35.5 Å². The molecule has 0 saturated carbocycles. The molecule has 0 saturated heterocycles. The van der Waals surface area contributed by atoms with E-state index < -0.39 is 0 Å². The molecule has 34 aromatic rings. The fourth-order valence-corrected chi connectivity index (χ4v) is 25.5. The largest absolute Gasteiger partial charge is 0.310 e. The van der Waals surface area contributed by atoms with Gasteiger partial charge in [0.15, 0.2) is 0 Å². The molecule has 0 N–H and O–H groups in total. The molecule has 0 aliphatic rings. The van der Waals surface area contributed by atoms with Crippen LogP contribution < -0.4 is 4.90 Å². The van der Waals surface area contributed by atoms with E-state index in [4.69, 9.17) is 0 Å². The van der Waals surface area contributed by atoms with Crippen LogP contribution in [0.4, 0.5) is 17.1 Å². The van der Waals surface area contributed by atoms with Crippen molar-refractivity contribution in [2.24, 2.45) is 0 Å². The Bertz CT molecular complexity index is 11100. The highest BCUT2D eigenvalue weighted by molar-refractivity contribution is 6.31. The summed E-state index contributed by atoms with van der Waals surface area (Å²) < 4.78 is 19.5. The monoisotopic (exact) mass is 1840 g/mol. The lowest BCUT2D eigenvalue weighted by Gasteiger charge is -2.26. The van der Waals surface area contributed by atoms with Crippen LogP contribution in [-0.2, 0) is 0 Å². The number of benzene rings is 23. The second kappa shape index (κ2) is 30.5. The van der Waals surface area contributed by atoms with Crippen LogP contribution in [0.15, 0.2) is 504 Å². The molecule has 0 spiro atoms. The summed E-state index contributed by atoms with van der Waals surface area (Å²) in [6.45, 7) is 0. The molecule has 0 radical (unpaired) electrons. The highest BCUT2D eigenvalue weighted by Gasteiger charge is 2.31. The van der Waals surface area contributed by atoms with Gasteiger partial charge in [-0.3, -0.25) is 26.4 Å². The van der Waals surface area contributed by atoms with Gasteiger partial charge in [0.2, 0.25) is 0 Å². The molecule has 0 aliphatic carbocycles. The third-order valence-corrected chi connectivity index (χ3v) is 31.5. The van der Waals surface area contributed by atoms with Crippen LogP contribution in [0.5, 0.6) is 0 Å². The zero-order chi connectivity index (χ0) is 94.5. The molecule has 145 heavy (non-hydrogen) atoms. The van der Waals surface area contributed by atoms with Crippen LogP contribution >= 0.6 is 0 Å². The first-order chi connectivity index (χ1) is 72.0. The Morgan fingerprint density at radius 2 is 0.414 bits per heavy atom. The average molecular weight is 1840 g/mol. The predicted molar refractivity (Wildman–Crippen MR) is 611 cm³/mol. The average Bonchev–Trinajstić information content (AvgIpc) is 1.51. The SMILES string of the molecule is c1ccc2c(-c3ccc(N(c4ccc(-c5cccc6ccccc56)cc4)c4ccc5c(ccc6cc(-c7cccc8c7c7c9ccccc9n9c%10ccccc%10n8c79)ccc65)c4)cc3)cccc2c1.c1ccc2c(c1)c1ccccc1n2-c1ccc(-c2cccc3c2c2c4ccccc4n4c5ccccc5n3c24)cc1.c1ccc2c(c1)c1ccccc1n2-c1cccc2c1c1c3ccccc3n3c4ccccc4n2c13. The van der Waals surface area contributed by atoms with E-state index in [9.17, 15) is 0 Å². The number of para-hydroxylation sites is 13. The standard InChI is InChI=1S/C66H41N3.C38H23N3.C32H19N3/c1-3-16-52-42(12-1)14-9-19-54(52)44-28-33-49(34-29-44)67(50-35-30-45(31-36-50)55-20-10-15-43-13-2-4-17-53(43)55)51-37-39-57-48(41-51)27-26-46-40-47(32-38-56(46)57)58-21-11-25-63-64(58)65-59-18-5-6-22-60(59)68-61-23-7-8-24-62(61)69(63)66(65)68;1-4-14-30-27(10-1)28-11-2-5-15-31(28)39(30)25-22-20-24(21-23-25)26-13-9-19-35-36(26)37-29-12-3-6-16-32(29)40-33-17-7-8-18-34(33)41(35)38(37)40;1-4-13-23-20(10-1)21-11-2-5-14-24(21)33(23)28-18-9-19-29-31(28)30-22-12-3-6-15-25(22)34-26-16-7-8-17-27(26)35(29)32(30)34/h1-41H;1-23H;1-19H. The number of imidazole rings is 3. The van der Waals surface area contributed by atoms with Gasteiger partial charge < -0.3 is 14.0 Å². The van der Waals surface area contributed by atoms with Crippen LogP contribution in [0.25, 0.3) is 274 Å². The maximum Gasteiger partial charge on any atom is 0.131 e. The van der Waals surface area contributed by atoms with Crippen molar-refractivity contribution in [3.63, 3.8) is 0 Å². The van der Waals surface area contributed by atoms with Crippen LogP contribution in [0.1, 0.15) is 0 Å². The van der Waals surface area contributed by atoms with Crippen LogP contribution in [-0.4, -0.2) is 35.5 Å². The molecule has 9 nitrogen and oxygen atoms in total. The summed E-state index contributed by atoms with van der Waals surface area (Å²) in [5.74, 6) is 0. The number of hydrogen-bond acceptors (Lipinski definition) is 1. The highest BCUT2D eigenvalue weighted by atomic mass is 15.2. The molecule has 23 aromatic carbocycles. The quantitative estimate of drug-likeness (QED) is 0.133. The van der Waals surface area contributed by atoms with Crippen LogP contribution in [0, 0.1) is 0 Å². The molecular weight excluding hydrogens is 1760 g/mol. The Morgan fingerprint density at radius 3 is 0.841 bits per heavy atom. The lowest BCUT2D eigenvalue weighted by Crippen LogP contribution is -2.09. The number of rotatable bonds is 9. The van der Waals surface area contributed by atoms with Gasteiger partial charge in [0.05, 0.1) is 94.0 Å². The van der Waals surface area contributed by atoms with Crippen molar-refractivity contribution in [3.05, 3.63) is 504 Å². The maximum absolute atomic E-state index is 2.47. The summed E-state index contributed by atoms with van der Waals surface area (Å²) in [5, 5.41) is 26.8. The van der Waals surface area contributed by atoms with Gasteiger partial charge in [-0.1, -0.05) is 346 Å². The zero-order valence-electron chi connectivity index (χ0n) is 78.4. The first kappa shape index (κ1) is 79.4. The van der Waals surface area contributed by atoms with Crippen molar-refractivity contribution in [2.45, 2.75) is 0 Å². The van der Waals surface area contributed by atoms with E-state index in [0.717, 1.165) is 17.1 Å². The Morgan fingerprint density at radius 1 is 0.138 bits per heavy atom. The molecule has 0 aliphatic heterocycles. The van der Waals surface area contributed by atoms with Crippen LogP contribution in [0.2, 0.25) is 0 Å². The van der Waals surface area contributed by atoms with Gasteiger partial charge in [0.1, 0.15) is 16.9 Å². The maximum atomic E-state index is 2.47. The summed E-state index contributed by atoms with van der Waals surface area (Å²) >= 11 is 0. The van der Waals surface area contributed by atoms with Gasteiger partial charge >= 0.3 is 0 Å². The summed E-state index contributed by atoms with van der Waals surface area (Å²) in [5.41, 5.74) is 39.2. The van der Waals surface area contributed by atoms with E-state index in [1.165, 1.54) is 274 Å². The molecule has 11 heterocycles. The number of fused-ring (bicyclic) bond motifs is 38. The number of anilines is 3. The number of hydrogen-bond donors (Lipinski definition) is 0. The van der Waals surface area contributed by atoms with Crippen molar-refractivity contribution < 1.29 is 0 Å². The number of nitrogens with zero attached hydrogens (tertiary/aromatic N) is 9. The summed E-state index contributed by atoms with van der Waals surface area (Å²) in [4.78, 5) is 2.39. The Labute approximate surface area is 829 Å². The zero-order valence-corrected chi connectivity index (χ0v) is 78.4. The van der Waals surface area contributed by atoms with Gasteiger partial charge in [-0.15, -0.1) is 0 Å². The van der Waals surface area contributed by atoms with Gasteiger partial charge in [0, 0.05) is 92.8 Å². The lowest BCUT2D eigenvalue weighted by molar-refractivity contribution is 1.18. The van der Waals surface area contributed by atoms with Gasteiger partial charge in [0.25, 0.3) is 0 Å². The lowest BCUT2D eigenvalue weighted by atomic mass is 9.94. The molecule has 0 atom stereocenters. The topological polar surface area (TPSA) is 39.6 Å². The Hall–Kier alpha value is -19.5. The van der Waals surface area contributed by atoms with Crippen molar-refractivity contribution >= 4 is 235 Å². The molecule has 672 valence electrons. The van der Waals surface area contributed by atoms with Gasteiger partial charge in [-0.05, 0) is 245 Å². The van der Waals surface area contributed by atoms with Crippen LogP contribution in [0.3, 0.4) is 0 Å². The van der Waals surface area contributed by atoms with E-state index in [1.54, 1.807) is 0 Å². The molecule has 11 aromatic heterocycles. The molecule has 0 bridgehead atoms. The van der Waals surface area contributed by atoms with E-state index >= 15 is 0 Å². The van der Waals surface area contributed by atoms with Crippen molar-refractivity contribution in [1.29, 1.82) is 0 Å². The molecule has 0 unspecified atom stereocenters. The Balaban J connectivity index is 0.000000105. The van der Waals surface area contributed by atoms with E-state index in [0.29, 0.717) is 0 Å². The highest BCUT2D eigenvalue weighted by Crippen LogP contribution is 2.52. The third kappa shape index (κ3) is 11.3. The molecule has 9 heteroatoms. The Kier molecular flexibility index (Phi) is 16.7. The molecule has 0 amide bonds. The molecule has 34 rings (SSSR count). The second-order valence-corrected chi connectivity index (χ2v) is 38.9. The fraction of sp³-hybridized carbons (Fsp3) is 0. The minimum absolute atomic E-state index is 1.10. The van der Waals surface area contributed by atoms with E-state index in [-0.39, 0.29) is 0 Å². The van der Waals surface area contributed by atoms with Gasteiger partial charge in [-0.25, -0.2) is 0 Å². The first-order valence-electron chi connectivity index (χ1n) is 50.0. The smallest absolute Gasteiger partial charge is 0.131 e. The summed E-state index contributed by atoms with van der Waals surface area (Å²) in [6.07, 6.45) is 0. The van der Waals surface area contributed by atoms with E-state index in [1.807, 2.05) is 0 Å². The first-order valence-corrected chi connectivity index (χ1v) is 50.0. The minimum Gasteiger partial charge on any atom is -0.310 e. The normalized spacial score (nSPS) is 12.3. The number of aromatic nitrogens is 8. The van der Waals surface area contributed by atoms with Gasteiger partial charge in [-0.2, -0.15) is 0 Å². The molecule has 0 fully saturated rings. The van der Waals surface area contributed by atoms with Crippen molar-refractivity contribution in [3.8, 4) is 55.9 Å².